The molecule has 150 valence electrons. The van der Waals surface area contributed by atoms with E-state index in [0.29, 0.717) is 33.6 Å². The molecule has 0 radical (unpaired) electrons. The number of rotatable bonds is 4. The molecule has 0 saturated heterocycles. The molecule has 0 aliphatic carbocycles. The van der Waals surface area contributed by atoms with Crippen molar-refractivity contribution < 1.29 is 13.9 Å². The molecule has 0 atom stereocenters. The minimum Gasteiger partial charge on any atom is -0.497 e. The SMILES string of the molecule is COc1ccc(NC(=O)c2ccc3c(=O)n(-c4ccc(F)cc4)c(=S)[nH]c3c2)cc1. The normalized spacial score (nSPS) is 10.7. The second kappa shape index (κ2) is 7.92. The molecule has 0 bridgehead atoms. The summed E-state index contributed by atoms with van der Waals surface area (Å²) in [6, 6.07) is 17.1. The molecule has 4 aromatic rings. The minimum atomic E-state index is -0.407. The number of hydrogen-bond donors (Lipinski definition) is 2. The molecule has 0 aliphatic heterocycles. The monoisotopic (exact) mass is 421 g/mol. The smallest absolute Gasteiger partial charge is 0.266 e. The molecule has 0 aliphatic rings. The highest BCUT2D eigenvalue weighted by Gasteiger charge is 2.12. The zero-order chi connectivity index (χ0) is 21.3. The Morgan fingerprint density at radius 2 is 1.77 bits per heavy atom. The van der Waals surface area contributed by atoms with E-state index >= 15 is 0 Å². The molecule has 0 fully saturated rings. The van der Waals surface area contributed by atoms with Crippen molar-refractivity contribution in [3.8, 4) is 11.4 Å². The largest absolute Gasteiger partial charge is 0.497 e. The standard InChI is InChI=1S/C22H16FN3O3S/c1-29-17-9-5-15(6-10-17)24-20(27)13-2-11-18-19(12-13)25-22(30)26(21(18)28)16-7-3-14(23)4-8-16/h2-12H,1H3,(H,24,27)(H,25,30). The third kappa shape index (κ3) is 3.72. The lowest BCUT2D eigenvalue weighted by atomic mass is 10.1. The van der Waals surface area contributed by atoms with Crippen molar-refractivity contribution in [3.05, 3.63) is 93.2 Å². The fraction of sp³-hybridized carbons (Fsp3) is 0.0455. The van der Waals surface area contributed by atoms with E-state index in [1.54, 1.807) is 49.6 Å². The van der Waals surface area contributed by atoms with Gasteiger partial charge in [0.05, 0.1) is 23.7 Å². The van der Waals surface area contributed by atoms with Gasteiger partial charge in [0, 0.05) is 11.3 Å². The Balaban J connectivity index is 1.70. The summed E-state index contributed by atoms with van der Waals surface area (Å²) in [6.07, 6.45) is 0. The van der Waals surface area contributed by atoms with Crippen LogP contribution in [0, 0.1) is 10.6 Å². The van der Waals surface area contributed by atoms with Crippen LogP contribution >= 0.6 is 12.2 Å². The van der Waals surface area contributed by atoms with Crippen LogP contribution in [0.4, 0.5) is 10.1 Å². The molecule has 8 heteroatoms. The first kappa shape index (κ1) is 19.5. The van der Waals surface area contributed by atoms with Crippen LogP contribution in [0.3, 0.4) is 0 Å². The molecular weight excluding hydrogens is 405 g/mol. The summed E-state index contributed by atoms with van der Waals surface area (Å²) >= 11 is 5.32. The molecule has 4 rings (SSSR count). The predicted octanol–water partition coefficient (Wildman–Crippen LogP) is 4.45. The van der Waals surface area contributed by atoms with Crippen LogP contribution < -0.4 is 15.6 Å². The highest BCUT2D eigenvalue weighted by molar-refractivity contribution is 7.71. The van der Waals surface area contributed by atoms with Gasteiger partial charge in [0.2, 0.25) is 0 Å². The summed E-state index contributed by atoms with van der Waals surface area (Å²) in [6.45, 7) is 0. The maximum Gasteiger partial charge on any atom is 0.266 e. The fourth-order valence-electron chi connectivity index (χ4n) is 3.06. The van der Waals surface area contributed by atoms with Crippen LogP contribution in [-0.2, 0) is 0 Å². The zero-order valence-corrected chi connectivity index (χ0v) is 16.6. The first-order chi connectivity index (χ1) is 14.5. The molecule has 3 aromatic carbocycles. The van der Waals surface area contributed by atoms with E-state index in [2.05, 4.69) is 10.3 Å². The van der Waals surface area contributed by atoms with Crippen molar-refractivity contribution in [3.63, 3.8) is 0 Å². The molecular formula is C22H16FN3O3S. The number of H-pyrrole nitrogens is 1. The second-order valence-corrected chi connectivity index (χ2v) is 6.88. The number of ether oxygens (including phenoxy) is 1. The second-order valence-electron chi connectivity index (χ2n) is 6.49. The van der Waals surface area contributed by atoms with Gasteiger partial charge in [-0.3, -0.25) is 14.2 Å². The average Bonchev–Trinajstić information content (AvgIpc) is 2.75. The van der Waals surface area contributed by atoms with Gasteiger partial charge in [-0.05, 0) is 78.9 Å². The van der Waals surface area contributed by atoms with Crippen molar-refractivity contribution in [1.29, 1.82) is 0 Å². The highest BCUT2D eigenvalue weighted by atomic mass is 32.1. The minimum absolute atomic E-state index is 0.145. The summed E-state index contributed by atoms with van der Waals surface area (Å²) in [5.74, 6) is -0.0530. The van der Waals surface area contributed by atoms with Gasteiger partial charge in [-0.25, -0.2) is 4.39 Å². The van der Waals surface area contributed by atoms with E-state index in [-0.39, 0.29) is 16.2 Å². The van der Waals surface area contributed by atoms with Crippen LogP contribution in [0.2, 0.25) is 0 Å². The van der Waals surface area contributed by atoms with Gasteiger partial charge in [0.1, 0.15) is 11.6 Å². The van der Waals surface area contributed by atoms with E-state index < -0.39 is 5.82 Å². The molecule has 0 unspecified atom stereocenters. The van der Waals surface area contributed by atoms with Gasteiger partial charge in [-0.2, -0.15) is 0 Å². The molecule has 1 aromatic heterocycles. The van der Waals surface area contributed by atoms with Gasteiger partial charge < -0.3 is 15.0 Å². The lowest BCUT2D eigenvalue weighted by Gasteiger charge is -2.10. The molecule has 1 amide bonds. The number of nitrogens with one attached hydrogen (secondary N) is 2. The first-order valence-corrected chi connectivity index (χ1v) is 9.37. The van der Waals surface area contributed by atoms with E-state index in [1.807, 2.05) is 0 Å². The Morgan fingerprint density at radius 3 is 2.43 bits per heavy atom. The van der Waals surface area contributed by atoms with Gasteiger partial charge in [-0.15, -0.1) is 0 Å². The number of anilines is 1. The quantitative estimate of drug-likeness (QED) is 0.478. The molecule has 0 spiro atoms. The fourth-order valence-corrected chi connectivity index (χ4v) is 3.36. The van der Waals surface area contributed by atoms with Crippen LogP contribution in [0.25, 0.3) is 16.6 Å². The topological polar surface area (TPSA) is 76.1 Å². The number of halogens is 1. The zero-order valence-electron chi connectivity index (χ0n) is 15.8. The molecule has 2 N–H and O–H groups in total. The number of aromatic nitrogens is 2. The van der Waals surface area contributed by atoms with Crippen molar-refractivity contribution in [2.45, 2.75) is 0 Å². The van der Waals surface area contributed by atoms with E-state index in [0.717, 1.165) is 0 Å². The lowest BCUT2D eigenvalue weighted by Crippen LogP contribution is -2.21. The number of methoxy groups -OCH3 is 1. The van der Waals surface area contributed by atoms with E-state index in [9.17, 15) is 14.0 Å². The van der Waals surface area contributed by atoms with E-state index in [1.165, 1.54) is 28.8 Å². The van der Waals surface area contributed by atoms with Gasteiger partial charge >= 0.3 is 0 Å². The molecule has 30 heavy (non-hydrogen) atoms. The Labute approximate surface area is 175 Å². The van der Waals surface area contributed by atoms with Crippen molar-refractivity contribution in [2.24, 2.45) is 0 Å². The number of carbonyl (C=O) groups is 1. The van der Waals surface area contributed by atoms with Gasteiger partial charge in [0.25, 0.3) is 11.5 Å². The number of aromatic amines is 1. The maximum atomic E-state index is 13.2. The average molecular weight is 421 g/mol. The third-order valence-electron chi connectivity index (χ3n) is 4.59. The maximum absolute atomic E-state index is 13.2. The van der Waals surface area contributed by atoms with E-state index in [4.69, 9.17) is 17.0 Å². The van der Waals surface area contributed by atoms with Crippen LogP contribution in [0.1, 0.15) is 10.4 Å². The Hall–Kier alpha value is -3.78. The third-order valence-corrected chi connectivity index (χ3v) is 4.88. The summed E-state index contributed by atoms with van der Waals surface area (Å²) in [7, 11) is 1.57. The molecule has 0 saturated carbocycles. The number of nitrogens with zero attached hydrogens (tertiary/aromatic N) is 1. The van der Waals surface area contributed by atoms with Gasteiger partial charge in [0.15, 0.2) is 4.77 Å². The summed E-state index contributed by atoms with van der Waals surface area (Å²) < 4.78 is 19.7. The summed E-state index contributed by atoms with van der Waals surface area (Å²) in [5, 5.41) is 3.15. The predicted molar refractivity (Wildman–Crippen MR) is 116 cm³/mol. The number of benzene rings is 3. The van der Waals surface area contributed by atoms with Crippen LogP contribution in [0.5, 0.6) is 5.75 Å². The van der Waals surface area contributed by atoms with Crippen LogP contribution in [0.15, 0.2) is 71.5 Å². The Bertz CT molecular complexity index is 1360. The van der Waals surface area contributed by atoms with Crippen LogP contribution in [-0.4, -0.2) is 22.6 Å². The van der Waals surface area contributed by atoms with Crippen molar-refractivity contribution in [1.82, 2.24) is 9.55 Å². The number of fused-ring (bicyclic) bond motifs is 1. The lowest BCUT2D eigenvalue weighted by molar-refractivity contribution is 0.102. The number of carbonyl (C=O) groups excluding carboxylic acids is 1. The Morgan fingerprint density at radius 1 is 1.07 bits per heavy atom. The molecule has 6 nitrogen and oxygen atoms in total. The van der Waals surface area contributed by atoms with Gasteiger partial charge in [-0.1, -0.05) is 0 Å². The number of amides is 1. The summed E-state index contributed by atoms with van der Waals surface area (Å²) in [4.78, 5) is 28.5. The first-order valence-electron chi connectivity index (χ1n) is 8.97. The highest BCUT2D eigenvalue weighted by Crippen LogP contribution is 2.18. The molecule has 1 heterocycles. The Kier molecular flexibility index (Phi) is 5.16. The van der Waals surface area contributed by atoms with Crippen molar-refractivity contribution in [2.75, 3.05) is 12.4 Å². The van der Waals surface area contributed by atoms with Crippen molar-refractivity contribution >= 4 is 34.7 Å². The number of hydrogen-bond acceptors (Lipinski definition) is 4. The summed E-state index contributed by atoms with van der Waals surface area (Å²) in [5.41, 5.74) is 1.50.